The number of aromatic nitrogens is 2. The summed E-state index contributed by atoms with van der Waals surface area (Å²) >= 11 is 0. The lowest BCUT2D eigenvalue weighted by Crippen LogP contribution is -2.22. The number of hydrogen-bond donors (Lipinski definition) is 1. The second-order valence-electron chi connectivity index (χ2n) is 8.06. The lowest BCUT2D eigenvalue weighted by molar-refractivity contribution is 0.0898. The minimum Gasteiger partial charge on any atom is -0.361 e. The van der Waals surface area contributed by atoms with Crippen LogP contribution in [-0.2, 0) is 11.5 Å². The standard InChI is InChI=1S/C18H26N4OSi/c1-24(2,3)9-8-23-13-22-12-21-15-10-14(4-5-16(15)22)17(20)18(11-19)6-7-18/h4-5,10,12,17H,6-9,13,20H2,1-3H3/t17-/m0/s1. The Bertz CT molecular complexity index is 767. The van der Waals surface area contributed by atoms with E-state index in [4.69, 9.17) is 10.5 Å². The number of hydrogen-bond acceptors (Lipinski definition) is 4. The first-order chi connectivity index (χ1) is 11.3. The minimum absolute atomic E-state index is 0.231. The molecule has 1 aromatic heterocycles. The van der Waals surface area contributed by atoms with Crippen LogP contribution in [-0.4, -0.2) is 24.2 Å². The van der Waals surface area contributed by atoms with E-state index in [1.54, 1.807) is 0 Å². The highest BCUT2D eigenvalue weighted by atomic mass is 28.3. The molecule has 5 nitrogen and oxygen atoms in total. The molecule has 2 aromatic rings. The Kier molecular flexibility index (Phi) is 4.52. The van der Waals surface area contributed by atoms with Gasteiger partial charge in [-0.05, 0) is 36.6 Å². The number of nitriles is 1. The number of nitrogens with two attached hydrogens (primary N) is 1. The van der Waals surface area contributed by atoms with Crippen LogP contribution < -0.4 is 5.73 Å². The fraction of sp³-hybridized carbons (Fsp3) is 0.556. The lowest BCUT2D eigenvalue weighted by Gasteiger charge is -2.17. The van der Waals surface area contributed by atoms with Crippen LogP contribution in [0.5, 0.6) is 0 Å². The van der Waals surface area contributed by atoms with Gasteiger partial charge in [0.2, 0.25) is 0 Å². The number of ether oxygens (including phenoxy) is 1. The smallest absolute Gasteiger partial charge is 0.124 e. The fourth-order valence-corrected chi connectivity index (χ4v) is 3.62. The van der Waals surface area contributed by atoms with Crippen LogP contribution in [0.25, 0.3) is 11.0 Å². The molecule has 1 aliphatic carbocycles. The SMILES string of the molecule is C[Si](C)(C)CCOCn1cnc2cc([C@H](N)C3(C#N)CC3)ccc21. The van der Waals surface area contributed by atoms with Crippen molar-refractivity contribution in [3.63, 3.8) is 0 Å². The third kappa shape index (κ3) is 3.53. The maximum atomic E-state index is 9.32. The Morgan fingerprint density at radius 1 is 1.42 bits per heavy atom. The molecule has 0 radical (unpaired) electrons. The van der Waals surface area contributed by atoms with E-state index in [1.165, 1.54) is 0 Å². The molecule has 0 spiro atoms. The fourth-order valence-electron chi connectivity index (χ4n) is 2.86. The van der Waals surface area contributed by atoms with Crippen LogP contribution in [0.4, 0.5) is 0 Å². The van der Waals surface area contributed by atoms with Gasteiger partial charge in [-0.15, -0.1) is 0 Å². The van der Waals surface area contributed by atoms with Crippen molar-refractivity contribution in [2.45, 2.75) is 51.3 Å². The number of rotatable bonds is 7. The second-order valence-corrected chi connectivity index (χ2v) is 13.7. The third-order valence-corrected chi connectivity index (χ3v) is 6.54. The van der Waals surface area contributed by atoms with Gasteiger partial charge in [0, 0.05) is 20.7 Å². The van der Waals surface area contributed by atoms with E-state index in [9.17, 15) is 5.26 Å². The van der Waals surface area contributed by atoms with E-state index in [2.05, 4.69) is 30.7 Å². The van der Waals surface area contributed by atoms with Crippen molar-refractivity contribution in [3.05, 3.63) is 30.1 Å². The van der Waals surface area contributed by atoms with Gasteiger partial charge in [-0.1, -0.05) is 25.7 Å². The number of nitrogens with zero attached hydrogens (tertiary/aromatic N) is 3. The number of benzene rings is 1. The molecule has 0 amide bonds. The van der Waals surface area contributed by atoms with Crippen LogP contribution in [0, 0.1) is 16.7 Å². The van der Waals surface area contributed by atoms with E-state index in [0.717, 1.165) is 42.1 Å². The summed E-state index contributed by atoms with van der Waals surface area (Å²) in [4.78, 5) is 4.47. The Hall–Kier alpha value is -1.68. The second kappa shape index (κ2) is 6.32. The van der Waals surface area contributed by atoms with Crippen molar-refractivity contribution in [1.82, 2.24) is 9.55 Å². The van der Waals surface area contributed by atoms with Crippen LogP contribution in [0.2, 0.25) is 25.7 Å². The normalized spacial score (nSPS) is 17.6. The molecule has 1 aromatic carbocycles. The van der Waals surface area contributed by atoms with Gasteiger partial charge < -0.3 is 15.0 Å². The molecule has 128 valence electrons. The summed E-state index contributed by atoms with van der Waals surface area (Å²) < 4.78 is 7.83. The predicted molar refractivity (Wildman–Crippen MR) is 98.0 cm³/mol. The van der Waals surface area contributed by atoms with Crippen LogP contribution in [0.3, 0.4) is 0 Å². The Labute approximate surface area is 144 Å². The molecular formula is C18H26N4OSi. The zero-order valence-corrected chi connectivity index (χ0v) is 15.7. The molecule has 1 fully saturated rings. The highest BCUT2D eigenvalue weighted by Crippen LogP contribution is 2.53. The Balaban J connectivity index is 1.69. The third-order valence-electron chi connectivity index (χ3n) is 4.84. The van der Waals surface area contributed by atoms with Crippen LogP contribution >= 0.6 is 0 Å². The van der Waals surface area contributed by atoms with Gasteiger partial charge in [-0.2, -0.15) is 5.26 Å². The first-order valence-corrected chi connectivity index (χ1v) is 12.2. The topological polar surface area (TPSA) is 76.9 Å². The number of imidazole rings is 1. The summed E-state index contributed by atoms with van der Waals surface area (Å²) in [6.07, 6.45) is 3.59. The molecule has 3 rings (SSSR count). The van der Waals surface area contributed by atoms with E-state index in [1.807, 2.05) is 29.1 Å². The average Bonchev–Trinajstić information content (AvgIpc) is 3.24. The Morgan fingerprint density at radius 3 is 2.79 bits per heavy atom. The monoisotopic (exact) mass is 342 g/mol. The molecule has 1 aliphatic rings. The lowest BCUT2D eigenvalue weighted by atomic mass is 9.92. The molecular weight excluding hydrogens is 316 g/mol. The van der Waals surface area contributed by atoms with E-state index >= 15 is 0 Å². The van der Waals surface area contributed by atoms with E-state index < -0.39 is 8.07 Å². The minimum atomic E-state index is -1.06. The highest BCUT2D eigenvalue weighted by Gasteiger charge is 2.49. The molecule has 1 saturated carbocycles. The summed E-state index contributed by atoms with van der Waals surface area (Å²) in [6.45, 7) is 8.36. The van der Waals surface area contributed by atoms with Gasteiger partial charge in [0.25, 0.3) is 0 Å². The van der Waals surface area contributed by atoms with Gasteiger partial charge >= 0.3 is 0 Å². The summed E-state index contributed by atoms with van der Waals surface area (Å²) in [7, 11) is -1.06. The van der Waals surface area contributed by atoms with Crippen molar-refractivity contribution >= 4 is 19.1 Å². The van der Waals surface area contributed by atoms with Crippen molar-refractivity contribution < 1.29 is 4.74 Å². The zero-order chi connectivity index (χ0) is 17.4. The zero-order valence-electron chi connectivity index (χ0n) is 14.7. The summed E-state index contributed by atoms with van der Waals surface area (Å²) in [6, 6.07) is 9.38. The van der Waals surface area contributed by atoms with Gasteiger partial charge in [0.05, 0.1) is 28.8 Å². The molecule has 24 heavy (non-hydrogen) atoms. The van der Waals surface area contributed by atoms with Crippen molar-refractivity contribution in [2.24, 2.45) is 11.1 Å². The quantitative estimate of drug-likeness (QED) is 0.615. The number of fused-ring (bicyclic) bond motifs is 1. The van der Waals surface area contributed by atoms with Crippen LogP contribution in [0.1, 0.15) is 24.4 Å². The molecule has 2 N–H and O–H groups in total. The maximum absolute atomic E-state index is 9.32. The van der Waals surface area contributed by atoms with Gasteiger partial charge in [-0.3, -0.25) is 0 Å². The van der Waals surface area contributed by atoms with Crippen molar-refractivity contribution in [1.29, 1.82) is 5.26 Å². The molecule has 0 unspecified atom stereocenters. The molecule has 6 heteroatoms. The molecule has 1 heterocycles. The highest BCUT2D eigenvalue weighted by molar-refractivity contribution is 6.76. The van der Waals surface area contributed by atoms with E-state index in [-0.39, 0.29) is 11.5 Å². The predicted octanol–water partition coefficient (Wildman–Crippen LogP) is 3.65. The summed E-state index contributed by atoms with van der Waals surface area (Å²) in [5, 5.41) is 9.32. The van der Waals surface area contributed by atoms with Gasteiger partial charge in [-0.25, -0.2) is 4.98 Å². The van der Waals surface area contributed by atoms with Crippen molar-refractivity contribution in [2.75, 3.05) is 6.61 Å². The summed E-state index contributed by atoms with van der Waals surface area (Å²) in [5.41, 5.74) is 8.88. The summed E-state index contributed by atoms with van der Waals surface area (Å²) in [5.74, 6) is 0. The van der Waals surface area contributed by atoms with Crippen LogP contribution in [0.15, 0.2) is 24.5 Å². The van der Waals surface area contributed by atoms with Gasteiger partial charge in [0.15, 0.2) is 0 Å². The first-order valence-electron chi connectivity index (χ1n) is 8.54. The van der Waals surface area contributed by atoms with Crippen molar-refractivity contribution in [3.8, 4) is 6.07 Å². The Morgan fingerprint density at radius 2 is 2.17 bits per heavy atom. The molecule has 0 saturated heterocycles. The van der Waals surface area contributed by atoms with Gasteiger partial charge in [0.1, 0.15) is 6.73 Å². The largest absolute Gasteiger partial charge is 0.361 e. The first kappa shape index (κ1) is 17.2. The molecule has 1 atom stereocenters. The average molecular weight is 343 g/mol. The molecule has 0 bridgehead atoms. The van der Waals surface area contributed by atoms with E-state index in [0.29, 0.717) is 6.73 Å². The maximum Gasteiger partial charge on any atom is 0.124 e. The molecule has 0 aliphatic heterocycles.